The molecule has 1 atom stereocenters. The topological polar surface area (TPSA) is 0 Å². The molecule has 0 aromatic rings. The molecule has 13 heavy (non-hydrogen) atoms. The van der Waals surface area contributed by atoms with Gasteiger partial charge >= 0.3 is 0 Å². The number of fused-ring (bicyclic) bond motifs is 1. The van der Waals surface area contributed by atoms with E-state index in [4.69, 9.17) is 0 Å². The first-order valence-corrected chi connectivity index (χ1v) is 5.35. The van der Waals surface area contributed by atoms with Crippen molar-refractivity contribution in [1.29, 1.82) is 0 Å². The van der Waals surface area contributed by atoms with Crippen LogP contribution < -0.4 is 0 Å². The Morgan fingerprint density at radius 1 is 1.31 bits per heavy atom. The van der Waals surface area contributed by atoms with Crippen LogP contribution in [-0.2, 0) is 0 Å². The molecule has 0 spiro atoms. The third-order valence-corrected chi connectivity index (χ3v) is 3.11. The standard InChI is InChI=1S/C13H18/c1-10(2)12-9-5-7-11-6-3-4-8-13(11)12/h3,6-7,9-10,13H,4-5,8H2,1-2H3. The minimum Gasteiger partial charge on any atom is -0.0842 e. The summed E-state index contributed by atoms with van der Waals surface area (Å²) in [6.45, 7) is 4.63. The largest absolute Gasteiger partial charge is 0.0842 e. The smallest absolute Gasteiger partial charge is 0.00506 e. The quantitative estimate of drug-likeness (QED) is 0.529. The van der Waals surface area contributed by atoms with E-state index in [1.807, 2.05) is 0 Å². The average molecular weight is 174 g/mol. The van der Waals surface area contributed by atoms with Gasteiger partial charge in [0.15, 0.2) is 0 Å². The second-order valence-electron chi connectivity index (χ2n) is 4.33. The summed E-state index contributed by atoms with van der Waals surface area (Å²) in [5, 5.41) is 0. The Bertz CT molecular complexity index is 276. The zero-order valence-electron chi connectivity index (χ0n) is 8.59. The first-order chi connectivity index (χ1) is 6.29. The van der Waals surface area contributed by atoms with Crippen molar-refractivity contribution in [1.82, 2.24) is 0 Å². The molecule has 0 heterocycles. The maximum Gasteiger partial charge on any atom is 0.00506 e. The molecule has 0 saturated heterocycles. The van der Waals surface area contributed by atoms with Crippen LogP contribution in [0.25, 0.3) is 0 Å². The van der Waals surface area contributed by atoms with E-state index >= 15 is 0 Å². The lowest BCUT2D eigenvalue weighted by molar-refractivity contribution is 0.557. The summed E-state index contributed by atoms with van der Waals surface area (Å²) in [5.74, 6) is 1.47. The number of allylic oxidation sites excluding steroid dienone is 6. The van der Waals surface area contributed by atoms with Crippen LogP contribution in [0.4, 0.5) is 0 Å². The Morgan fingerprint density at radius 2 is 2.15 bits per heavy atom. The van der Waals surface area contributed by atoms with E-state index in [9.17, 15) is 0 Å². The van der Waals surface area contributed by atoms with Gasteiger partial charge in [0.05, 0.1) is 0 Å². The van der Waals surface area contributed by atoms with Gasteiger partial charge in [-0.2, -0.15) is 0 Å². The minimum atomic E-state index is 0.722. The van der Waals surface area contributed by atoms with E-state index in [0.29, 0.717) is 0 Å². The molecule has 70 valence electrons. The molecule has 0 aliphatic heterocycles. The van der Waals surface area contributed by atoms with Crippen molar-refractivity contribution >= 4 is 0 Å². The molecule has 0 nitrogen and oxygen atoms in total. The van der Waals surface area contributed by atoms with Gasteiger partial charge in [0.2, 0.25) is 0 Å². The van der Waals surface area contributed by atoms with Crippen molar-refractivity contribution in [2.75, 3.05) is 0 Å². The van der Waals surface area contributed by atoms with Crippen molar-refractivity contribution in [3.05, 3.63) is 35.5 Å². The van der Waals surface area contributed by atoms with Crippen LogP contribution in [0.5, 0.6) is 0 Å². The van der Waals surface area contributed by atoms with Crippen LogP contribution in [0, 0.1) is 11.8 Å². The molecule has 0 radical (unpaired) electrons. The summed E-state index contributed by atoms with van der Waals surface area (Å²) in [7, 11) is 0. The molecular formula is C13H18. The lowest BCUT2D eigenvalue weighted by atomic mass is 9.76. The highest BCUT2D eigenvalue weighted by atomic mass is 14.3. The number of rotatable bonds is 1. The second-order valence-corrected chi connectivity index (χ2v) is 4.33. The Kier molecular flexibility index (Phi) is 2.39. The molecule has 0 aromatic heterocycles. The molecule has 0 saturated carbocycles. The maximum atomic E-state index is 2.43. The van der Waals surface area contributed by atoms with Crippen molar-refractivity contribution in [2.24, 2.45) is 11.8 Å². The highest BCUT2D eigenvalue weighted by molar-refractivity contribution is 5.36. The van der Waals surface area contributed by atoms with Gasteiger partial charge in [0.1, 0.15) is 0 Å². The molecule has 0 amide bonds. The fourth-order valence-corrected chi connectivity index (χ4v) is 2.45. The fraction of sp³-hybridized carbons (Fsp3) is 0.538. The lowest BCUT2D eigenvalue weighted by Gasteiger charge is -2.29. The van der Waals surface area contributed by atoms with Gasteiger partial charge in [0.25, 0.3) is 0 Å². The molecule has 0 bridgehead atoms. The van der Waals surface area contributed by atoms with Gasteiger partial charge in [-0.25, -0.2) is 0 Å². The summed E-state index contributed by atoms with van der Waals surface area (Å²) in [4.78, 5) is 0. The first-order valence-electron chi connectivity index (χ1n) is 5.35. The molecule has 0 N–H and O–H groups in total. The van der Waals surface area contributed by atoms with Gasteiger partial charge in [-0.05, 0) is 30.8 Å². The predicted octanol–water partition coefficient (Wildman–Crippen LogP) is 3.87. The summed E-state index contributed by atoms with van der Waals surface area (Å²) in [6, 6.07) is 0. The van der Waals surface area contributed by atoms with Crippen LogP contribution in [0.2, 0.25) is 0 Å². The van der Waals surface area contributed by atoms with Gasteiger partial charge < -0.3 is 0 Å². The van der Waals surface area contributed by atoms with Gasteiger partial charge in [-0.15, -0.1) is 0 Å². The molecule has 0 heteroatoms. The van der Waals surface area contributed by atoms with E-state index in [1.54, 1.807) is 11.1 Å². The molecular weight excluding hydrogens is 156 g/mol. The van der Waals surface area contributed by atoms with Crippen LogP contribution in [0.15, 0.2) is 35.5 Å². The van der Waals surface area contributed by atoms with Gasteiger partial charge in [-0.3, -0.25) is 0 Å². The third-order valence-electron chi connectivity index (χ3n) is 3.11. The van der Waals surface area contributed by atoms with E-state index in [0.717, 1.165) is 18.3 Å². The highest BCUT2D eigenvalue weighted by Gasteiger charge is 2.23. The Morgan fingerprint density at radius 3 is 2.92 bits per heavy atom. The van der Waals surface area contributed by atoms with E-state index < -0.39 is 0 Å². The summed E-state index contributed by atoms with van der Waals surface area (Å²) in [5.41, 5.74) is 3.24. The van der Waals surface area contributed by atoms with Crippen molar-refractivity contribution in [3.63, 3.8) is 0 Å². The molecule has 0 aromatic carbocycles. The zero-order chi connectivity index (χ0) is 9.26. The molecule has 2 aliphatic carbocycles. The third kappa shape index (κ3) is 1.63. The minimum absolute atomic E-state index is 0.722. The lowest BCUT2D eigenvalue weighted by Crippen LogP contribution is -2.15. The van der Waals surface area contributed by atoms with E-state index in [1.165, 1.54) is 12.8 Å². The van der Waals surface area contributed by atoms with Crippen LogP contribution in [-0.4, -0.2) is 0 Å². The highest BCUT2D eigenvalue weighted by Crippen LogP contribution is 2.37. The SMILES string of the molecule is CC(C)C1=CCC=C2C=CCCC21. The van der Waals surface area contributed by atoms with Crippen LogP contribution >= 0.6 is 0 Å². The van der Waals surface area contributed by atoms with Crippen molar-refractivity contribution in [2.45, 2.75) is 33.1 Å². The molecule has 2 aliphatic rings. The van der Waals surface area contributed by atoms with Crippen molar-refractivity contribution < 1.29 is 0 Å². The molecule has 0 fully saturated rings. The number of hydrogen-bond acceptors (Lipinski definition) is 0. The Labute approximate surface area is 81.0 Å². The van der Waals surface area contributed by atoms with Crippen LogP contribution in [0.1, 0.15) is 33.1 Å². The van der Waals surface area contributed by atoms with Gasteiger partial charge in [0, 0.05) is 5.92 Å². The summed E-state index contributed by atoms with van der Waals surface area (Å²) >= 11 is 0. The molecule has 2 rings (SSSR count). The summed E-state index contributed by atoms with van der Waals surface area (Å²) in [6.07, 6.45) is 13.2. The number of hydrogen-bond donors (Lipinski definition) is 0. The first kappa shape index (κ1) is 8.80. The maximum absolute atomic E-state index is 2.43. The Balaban J connectivity index is 2.25. The Hall–Kier alpha value is -0.780. The average Bonchev–Trinajstić information content (AvgIpc) is 2.17. The van der Waals surface area contributed by atoms with Gasteiger partial charge in [-0.1, -0.05) is 43.7 Å². The predicted molar refractivity (Wildman–Crippen MR) is 57.5 cm³/mol. The zero-order valence-corrected chi connectivity index (χ0v) is 8.59. The van der Waals surface area contributed by atoms with Crippen LogP contribution in [0.3, 0.4) is 0 Å². The van der Waals surface area contributed by atoms with Crippen molar-refractivity contribution in [3.8, 4) is 0 Å². The molecule has 1 unspecified atom stereocenters. The fourth-order valence-electron chi connectivity index (χ4n) is 2.45. The van der Waals surface area contributed by atoms with E-state index in [2.05, 4.69) is 38.2 Å². The second kappa shape index (κ2) is 3.53. The summed E-state index contributed by atoms with van der Waals surface area (Å²) < 4.78 is 0. The van der Waals surface area contributed by atoms with E-state index in [-0.39, 0.29) is 0 Å². The normalized spacial score (nSPS) is 26.8. The monoisotopic (exact) mass is 174 g/mol.